The third-order valence-corrected chi connectivity index (χ3v) is 4.14. The van der Waals surface area contributed by atoms with Crippen LogP contribution in [-0.2, 0) is 11.2 Å². The van der Waals surface area contributed by atoms with Gasteiger partial charge >= 0.3 is 0 Å². The van der Waals surface area contributed by atoms with E-state index >= 15 is 0 Å². The van der Waals surface area contributed by atoms with Gasteiger partial charge in [-0.3, -0.25) is 4.79 Å². The number of nitrogens with zero attached hydrogens (tertiary/aromatic N) is 1. The summed E-state index contributed by atoms with van der Waals surface area (Å²) in [5.41, 5.74) is 1.42. The van der Waals surface area contributed by atoms with Gasteiger partial charge in [0.2, 0.25) is 5.91 Å². The van der Waals surface area contributed by atoms with Gasteiger partial charge in [-0.1, -0.05) is 6.07 Å². The zero-order valence-corrected chi connectivity index (χ0v) is 12.4. The summed E-state index contributed by atoms with van der Waals surface area (Å²) in [6, 6.07) is 4.95. The molecule has 2 heterocycles. The van der Waals surface area contributed by atoms with Gasteiger partial charge in [-0.05, 0) is 42.2 Å². The van der Waals surface area contributed by atoms with E-state index in [4.69, 9.17) is 4.42 Å². The van der Waals surface area contributed by atoms with Crippen LogP contribution in [-0.4, -0.2) is 28.6 Å². The average molecular weight is 321 g/mol. The van der Waals surface area contributed by atoms with Gasteiger partial charge in [-0.15, -0.1) is 0 Å². The lowest BCUT2D eigenvalue weighted by Gasteiger charge is -2.25. The minimum atomic E-state index is -0.949. The lowest BCUT2D eigenvalue weighted by atomic mass is 10.0. The highest BCUT2D eigenvalue weighted by Crippen LogP contribution is 2.33. The van der Waals surface area contributed by atoms with E-state index in [1.54, 1.807) is 18.6 Å². The number of halogens is 2. The van der Waals surface area contributed by atoms with Gasteiger partial charge in [0.1, 0.15) is 0 Å². The number of benzene rings is 1. The van der Waals surface area contributed by atoms with Gasteiger partial charge in [0, 0.05) is 13.0 Å². The first-order valence-electron chi connectivity index (χ1n) is 7.48. The number of β-amino-alcohol motifs (C(OH)–C–C–N with tert-alkyl or cyclic N) is 1. The molecular formula is C17H17F2NO3. The fraction of sp³-hybridized carbons (Fsp3) is 0.353. The molecule has 1 aliphatic rings. The van der Waals surface area contributed by atoms with Crippen LogP contribution in [0.2, 0.25) is 0 Å². The van der Waals surface area contributed by atoms with E-state index in [2.05, 4.69) is 0 Å². The molecule has 1 aromatic heterocycles. The highest BCUT2D eigenvalue weighted by Gasteiger charge is 2.35. The Morgan fingerprint density at radius 3 is 2.83 bits per heavy atom. The van der Waals surface area contributed by atoms with Crippen molar-refractivity contribution in [2.45, 2.75) is 31.4 Å². The second-order valence-electron chi connectivity index (χ2n) is 5.76. The number of aliphatic hydroxyl groups is 1. The largest absolute Gasteiger partial charge is 0.472 e. The lowest BCUT2D eigenvalue weighted by molar-refractivity contribution is -0.132. The first-order valence-corrected chi connectivity index (χ1v) is 7.48. The summed E-state index contributed by atoms with van der Waals surface area (Å²) < 4.78 is 31.5. The average Bonchev–Trinajstić information content (AvgIpc) is 3.17. The van der Waals surface area contributed by atoms with Crippen molar-refractivity contribution in [1.29, 1.82) is 0 Å². The summed E-state index contributed by atoms with van der Waals surface area (Å²) in [5.74, 6) is -2.00. The van der Waals surface area contributed by atoms with E-state index < -0.39 is 23.8 Å². The third kappa shape index (κ3) is 3.42. The zero-order valence-electron chi connectivity index (χ0n) is 12.4. The molecule has 0 radical (unpaired) electrons. The summed E-state index contributed by atoms with van der Waals surface area (Å²) in [4.78, 5) is 14.0. The van der Waals surface area contributed by atoms with Crippen molar-refractivity contribution in [3.05, 3.63) is 59.6 Å². The van der Waals surface area contributed by atoms with Crippen LogP contribution in [0.1, 0.15) is 30.0 Å². The second-order valence-corrected chi connectivity index (χ2v) is 5.76. The monoisotopic (exact) mass is 321 g/mol. The maximum atomic E-state index is 13.4. The predicted molar refractivity (Wildman–Crippen MR) is 78.5 cm³/mol. The number of aryl methyl sites for hydroxylation is 1. The summed E-state index contributed by atoms with van der Waals surface area (Å²) in [6.07, 6.45) is 3.59. The maximum absolute atomic E-state index is 13.4. The Kier molecular flexibility index (Phi) is 4.43. The molecule has 23 heavy (non-hydrogen) atoms. The SMILES string of the molecule is O=C(CCc1ccoc1)N1CC(O)CC1c1ccc(F)c(F)c1. The fourth-order valence-corrected chi connectivity index (χ4v) is 2.95. The number of amides is 1. The molecule has 1 amide bonds. The second kappa shape index (κ2) is 6.50. The van der Waals surface area contributed by atoms with E-state index in [0.29, 0.717) is 18.4 Å². The van der Waals surface area contributed by atoms with Crippen LogP contribution in [0.3, 0.4) is 0 Å². The van der Waals surface area contributed by atoms with Crippen LogP contribution in [0.15, 0.2) is 41.2 Å². The highest BCUT2D eigenvalue weighted by atomic mass is 19.2. The summed E-state index contributed by atoms with van der Waals surface area (Å²) >= 11 is 0. The molecule has 3 rings (SSSR count). The number of hydrogen-bond acceptors (Lipinski definition) is 3. The molecule has 2 atom stereocenters. The first kappa shape index (κ1) is 15.7. The molecule has 1 fully saturated rings. The smallest absolute Gasteiger partial charge is 0.223 e. The van der Waals surface area contributed by atoms with Crippen LogP contribution in [0.25, 0.3) is 0 Å². The number of likely N-dealkylation sites (tertiary alicyclic amines) is 1. The molecule has 0 spiro atoms. The van der Waals surface area contributed by atoms with Crippen LogP contribution in [0.4, 0.5) is 8.78 Å². The number of rotatable bonds is 4. The molecule has 0 bridgehead atoms. The zero-order chi connectivity index (χ0) is 16.4. The van der Waals surface area contributed by atoms with Gasteiger partial charge in [-0.2, -0.15) is 0 Å². The van der Waals surface area contributed by atoms with E-state index in [1.807, 2.05) is 0 Å². The van der Waals surface area contributed by atoms with E-state index in [9.17, 15) is 18.7 Å². The standard InChI is InChI=1S/C17H17F2NO3/c18-14-3-2-12(7-15(14)19)16-8-13(21)9-20(16)17(22)4-1-11-5-6-23-10-11/h2-3,5-7,10,13,16,21H,1,4,8-9H2. The summed E-state index contributed by atoms with van der Waals surface area (Å²) in [7, 11) is 0. The van der Waals surface area contributed by atoms with Crippen molar-refractivity contribution in [1.82, 2.24) is 4.90 Å². The third-order valence-electron chi connectivity index (χ3n) is 4.14. The van der Waals surface area contributed by atoms with Crippen LogP contribution in [0, 0.1) is 11.6 Å². The van der Waals surface area contributed by atoms with Crippen molar-refractivity contribution in [3.8, 4) is 0 Å². The normalized spacial score (nSPS) is 20.9. The Balaban J connectivity index is 1.73. The number of aliphatic hydroxyl groups excluding tert-OH is 1. The highest BCUT2D eigenvalue weighted by molar-refractivity contribution is 5.77. The molecule has 4 nitrogen and oxygen atoms in total. The Morgan fingerprint density at radius 1 is 1.30 bits per heavy atom. The van der Waals surface area contributed by atoms with Crippen molar-refractivity contribution >= 4 is 5.91 Å². The molecule has 6 heteroatoms. The molecule has 1 aliphatic heterocycles. The predicted octanol–water partition coefficient (Wildman–Crippen LogP) is 2.82. The van der Waals surface area contributed by atoms with Gasteiger partial charge < -0.3 is 14.4 Å². The molecule has 1 saturated heterocycles. The molecule has 2 unspecified atom stereocenters. The Hall–Kier alpha value is -2.21. The Labute approximate surface area is 132 Å². The number of carbonyl (C=O) groups is 1. The number of hydrogen-bond donors (Lipinski definition) is 1. The molecular weight excluding hydrogens is 304 g/mol. The Bertz CT molecular complexity index is 687. The summed E-state index contributed by atoms with van der Waals surface area (Å²) in [5, 5.41) is 9.88. The first-order chi connectivity index (χ1) is 11.0. The van der Waals surface area contributed by atoms with Crippen molar-refractivity contribution < 1.29 is 23.1 Å². The minimum absolute atomic E-state index is 0.127. The van der Waals surface area contributed by atoms with E-state index in [1.165, 1.54) is 11.0 Å². The number of carbonyl (C=O) groups excluding carboxylic acids is 1. The Morgan fingerprint density at radius 2 is 2.13 bits per heavy atom. The summed E-state index contributed by atoms with van der Waals surface area (Å²) in [6.45, 7) is 0.202. The minimum Gasteiger partial charge on any atom is -0.472 e. The fourth-order valence-electron chi connectivity index (χ4n) is 2.95. The lowest BCUT2D eigenvalue weighted by Crippen LogP contribution is -2.32. The van der Waals surface area contributed by atoms with Crippen LogP contribution in [0.5, 0.6) is 0 Å². The van der Waals surface area contributed by atoms with Crippen LogP contribution >= 0.6 is 0 Å². The van der Waals surface area contributed by atoms with Crippen molar-refractivity contribution in [3.63, 3.8) is 0 Å². The van der Waals surface area contributed by atoms with Crippen molar-refractivity contribution in [2.24, 2.45) is 0 Å². The van der Waals surface area contributed by atoms with Gasteiger partial charge in [0.25, 0.3) is 0 Å². The molecule has 1 N–H and O–H groups in total. The van der Waals surface area contributed by atoms with Gasteiger partial charge in [0.15, 0.2) is 11.6 Å². The van der Waals surface area contributed by atoms with Gasteiger partial charge in [0.05, 0.1) is 24.7 Å². The molecule has 0 aliphatic carbocycles. The molecule has 1 aromatic carbocycles. The molecule has 2 aromatic rings. The van der Waals surface area contributed by atoms with Gasteiger partial charge in [-0.25, -0.2) is 8.78 Å². The molecule has 0 saturated carbocycles. The van der Waals surface area contributed by atoms with E-state index in [-0.39, 0.29) is 18.9 Å². The quantitative estimate of drug-likeness (QED) is 0.942. The van der Waals surface area contributed by atoms with Crippen LogP contribution < -0.4 is 0 Å². The van der Waals surface area contributed by atoms with Crippen molar-refractivity contribution in [2.75, 3.05) is 6.54 Å². The number of furan rings is 1. The van der Waals surface area contributed by atoms with E-state index in [0.717, 1.165) is 17.7 Å². The molecule has 122 valence electrons. The maximum Gasteiger partial charge on any atom is 0.223 e. The topological polar surface area (TPSA) is 53.7 Å².